The first-order chi connectivity index (χ1) is 8.84. The van der Waals surface area contributed by atoms with Crippen LogP contribution in [0.4, 0.5) is 0 Å². The van der Waals surface area contributed by atoms with E-state index >= 15 is 0 Å². The molecule has 0 heterocycles. The zero-order chi connectivity index (χ0) is 14.5. The Morgan fingerprint density at radius 1 is 1.26 bits per heavy atom. The highest BCUT2D eigenvalue weighted by molar-refractivity contribution is 5.89. The van der Waals surface area contributed by atoms with E-state index in [0.717, 1.165) is 5.56 Å². The third kappa shape index (κ3) is 4.71. The van der Waals surface area contributed by atoms with Gasteiger partial charge in [0.2, 0.25) is 5.91 Å². The molecule has 3 N–H and O–H groups in total. The minimum absolute atomic E-state index is 0.182. The monoisotopic (exact) mass is 264 g/mol. The number of hydrogen-bond donors (Lipinski definition) is 2. The van der Waals surface area contributed by atoms with E-state index in [1.165, 1.54) is 7.11 Å². The van der Waals surface area contributed by atoms with Crippen LogP contribution in [-0.2, 0) is 16.0 Å². The smallest absolute Gasteiger partial charge is 0.337 e. The van der Waals surface area contributed by atoms with Gasteiger partial charge in [-0.1, -0.05) is 12.1 Å². The highest BCUT2D eigenvalue weighted by Crippen LogP contribution is 2.06. The fourth-order valence-electron chi connectivity index (χ4n) is 1.47. The van der Waals surface area contributed by atoms with Gasteiger partial charge in [-0.15, -0.1) is 0 Å². The number of benzene rings is 1. The first kappa shape index (κ1) is 15.2. The molecule has 104 valence electrons. The number of methoxy groups -OCH3 is 1. The van der Waals surface area contributed by atoms with Crippen LogP contribution in [0.25, 0.3) is 0 Å². The van der Waals surface area contributed by atoms with Gasteiger partial charge in [0.05, 0.1) is 18.2 Å². The molecule has 0 saturated heterocycles. The normalized spacial score (nSPS) is 10.9. The predicted molar refractivity (Wildman–Crippen MR) is 72.8 cm³/mol. The zero-order valence-electron chi connectivity index (χ0n) is 11.5. The summed E-state index contributed by atoms with van der Waals surface area (Å²) in [5.74, 6) is -0.539. The maximum atomic E-state index is 11.5. The van der Waals surface area contributed by atoms with Gasteiger partial charge < -0.3 is 15.8 Å². The second-order valence-corrected chi connectivity index (χ2v) is 4.92. The molecule has 0 unspecified atom stereocenters. The molecule has 0 radical (unpaired) electrons. The molecule has 1 aromatic rings. The Bertz CT molecular complexity index is 447. The molecule has 0 aromatic heterocycles. The standard InChI is InChI=1S/C14H20N2O3/c1-14(2,15)13(18)16-9-8-10-4-6-11(7-5-10)12(17)19-3/h4-7H,8-9,15H2,1-3H3,(H,16,18). The summed E-state index contributed by atoms with van der Waals surface area (Å²) in [5.41, 5.74) is 6.34. The summed E-state index contributed by atoms with van der Waals surface area (Å²) < 4.78 is 4.62. The lowest BCUT2D eigenvalue weighted by Crippen LogP contribution is -2.49. The molecule has 5 nitrogen and oxygen atoms in total. The largest absolute Gasteiger partial charge is 0.465 e. The Hall–Kier alpha value is -1.88. The Morgan fingerprint density at radius 3 is 2.32 bits per heavy atom. The van der Waals surface area contributed by atoms with Crippen LogP contribution in [0.2, 0.25) is 0 Å². The minimum Gasteiger partial charge on any atom is -0.465 e. The fraction of sp³-hybridized carbons (Fsp3) is 0.429. The lowest BCUT2D eigenvalue weighted by molar-refractivity contribution is -0.125. The summed E-state index contributed by atoms with van der Waals surface area (Å²) in [7, 11) is 1.35. The molecule has 1 aromatic carbocycles. The maximum absolute atomic E-state index is 11.5. The van der Waals surface area contributed by atoms with Crippen molar-refractivity contribution in [2.45, 2.75) is 25.8 Å². The molecule has 0 aliphatic carbocycles. The lowest BCUT2D eigenvalue weighted by atomic mass is 10.1. The second kappa shape index (κ2) is 6.33. The van der Waals surface area contributed by atoms with Crippen molar-refractivity contribution in [3.05, 3.63) is 35.4 Å². The average Bonchev–Trinajstić information content (AvgIpc) is 2.37. The molecule has 0 saturated carbocycles. The fourth-order valence-corrected chi connectivity index (χ4v) is 1.47. The van der Waals surface area contributed by atoms with E-state index in [1.54, 1.807) is 26.0 Å². The Kier molecular flexibility index (Phi) is 5.06. The molecule has 0 fully saturated rings. The zero-order valence-corrected chi connectivity index (χ0v) is 11.5. The summed E-state index contributed by atoms with van der Waals surface area (Å²) >= 11 is 0. The molecule has 0 aliphatic rings. The third-order valence-corrected chi connectivity index (χ3v) is 2.66. The lowest BCUT2D eigenvalue weighted by Gasteiger charge is -2.17. The number of amides is 1. The number of carbonyl (C=O) groups is 2. The summed E-state index contributed by atoms with van der Waals surface area (Å²) in [5, 5.41) is 2.76. The van der Waals surface area contributed by atoms with Gasteiger partial charge in [-0.3, -0.25) is 4.79 Å². The van der Waals surface area contributed by atoms with Crippen LogP contribution in [0.15, 0.2) is 24.3 Å². The number of rotatable bonds is 5. The molecule has 19 heavy (non-hydrogen) atoms. The summed E-state index contributed by atoms with van der Waals surface area (Å²) in [6.07, 6.45) is 0.684. The van der Waals surface area contributed by atoms with E-state index in [-0.39, 0.29) is 11.9 Å². The third-order valence-electron chi connectivity index (χ3n) is 2.66. The predicted octanol–water partition coefficient (Wildman–Crippen LogP) is 0.869. The number of nitrogens with one attached hydrogen (secondary N) is 1. The number of carbonyl (C=O) groups excluding carboxylic acids is 2. The molecular weight excluding hydrogens is 244 g/mol. The van der Waals surface area contributed by atoms with Crippen molar-refractivity contribution >= 4 is 11.9 Å². The van der Waals surface area contributed by atoms with Crippen molar-refractivity contribution in [1.82, 2.24) is 5.32 Å². The van der Waals surface area contributed by atoms with E-state index in [1.807, 2.05) is 12.1 Å². The number of nitrogens with two attached hydrogens (primary N) is 1. The van der Waals surface area contributed by atoms with Crippen LogP contribution in [0.3, 0.4) is 0 Å². The van der Waals surface area contributed by atoms with E-state index in [4.69, 9.17) is 5.73 Å². The Balaban J connectivity index is 2.47. The molecule has 0 aliphatic heterocycles. The van der Waals surface area contributed by atoms with Crippen LogP contribution in [0.5, 0.6) is 0 Å². The van der Waals surface area contributed by atoms with Crippen molar-refractivity contribution in [1.29, 1.82) is 0 Å². The van der Waals surface area contributed by atoms with Crippen LogP contribution < -0.4 is 11.1 Å². The van der Waals surface area contributed by atoms with Gasteiger partial charge in [0.15, 0.2) is 0 Å². The van der Waals surface area contributed by atoms with Crippen LogP contribution in [0, 0.1) is 0 Å². The molecule has 0 atom stereocenters. The van der Waals surface area contributed by atoms with E-state index in [2.05, 4.69) is 10.1 Å². The van der Waals surface area contributed by atoms with Gasteiger partial charge >= 0.3 is 5.97 Å². The highest BCUT2D eigenvalue weighted by Gasteiger charge is 2.20. The SMILES string of the molecule is COC(=O)c1ccc(CCNC(=O)C(C)(C)N)cc1. The van der Waals surface area contributed by atoms with Gasteiger partial charge in [-0.25, -0.2) is 4.79 Å². The summed E-state index contributed by atoms with van der Waals surface area (Å²) in [6, 6.07) is 7.09. The molecule has 5 heteroatoms. The van der Waals surface area contributed by atoms with Crippen LogP contribution in [-0.4, -0.2) is 31.1 Å². The first-order valence-electron chi connectivity index (χ1n) is 6.09. The molecule has 0 spiro atoms. The number of hydrogen-bond acceptors (Lipinski definition) is 4. The van der Waals surface area contributed by atoms with Gasteiger partial charge in [-0.05, 0) is 38.0 Å². The summed E-state index contributed by atoms with van der Waals surface area (Å²) in [4.78, 5) is 22.8. The van der Waals surface area contributed by atoms with Gasteiger partial charge in [-0.2, -0.15) is 0 Å². The molecule has 1 amide bonds. The van der Waals surface area contributed by atoms with Crippen LogP contribution in [0.1, 0.15) is 29.8 Å². The number of esters is 1. The van der Waals surface area contributed by atoms with E-state index in [0.29, 0.717) is 18.5 Å². The highest BCUT2D eigenvalue weighted by atomic mass is 16.5. The minimum atomic E-state index is -0.866. The van der Waals surface area contributed by atoms with Crippen molar-refractivity contribution in [2.24, 2.45) is 5.73 Å². The number of ether oxygens (including phenoxy) is 1. The average molecular weight is 264 g/mol. The second-order valence-electron chi connectivity index (χ2n) is 4.92. The first-order valence-corrected chi connectivity index (χ1v) is 6.09. The van der Waals surface area contributed by atoms with Gasteiger partial charge in [0, 0.05) is 6.54 Å². The summed E-state index contributed by atoms with van der Waals surface area (Å²) in [6.45, 7) is 3.83. The van der Waals surface area contributed by atoms with Crippen molar-refractivity contribution in [3.8, 4) is 0 Å². The van der Waals surface area contributed by atoms with E-state index < -0.39 is 5.54 Å². The quantitative estimate of drug-likeness (QED) is 0.773. The van der Waals surface area contributed by atoms with Crippen molar-refractivity contribution < 1.29 is 14.3 Å². The van der Waals surface area contributed by atoms with E-state index in [9.17, 15) is 9.59 Å². The van der Waals surface area contributed by atoms with Crippen molar-refractivity contribution in [2.75, 3.05) is 13.7 Å². The van der Waals surface area contributed by atoms with Gasteiger partial charge in [0.1, 0.15) is 0 Å². The Morgan fingerprint density at radius 2 is 1.84 bits per heavy atom. The maximum Gasteiger partial charge on any atom is 0.337 e. The van der Waals surface area contributed by atoms with Crippen LogP contribution >= 0.6 is 0 Å². The topological polar surface area (TPSA) is 81.4 Å². The molecular formula is C14H20N2O3. The Labute approximate surface area is 113 Å². The van der Waals surface area contributed by atoms with Gasteiger partial charge in [0.25, 0.3) is 0 Å². The van der Waals surface area contributed by atoms with Crippen molar-refractivity contribution in [3.63, 3.8) is 0 Å². The molecule has 1 rings (SSSR count). The molecule has 0 bridgehead atoms.